The minimum absolute atomic E-state index is 0.115. The van der Waals surface area contributed by atoms with Crippen LogP contribution in [0.1, 0.15) is 13.8 Å². The normalized spacial score (nSPS) is 11.2. The molecule has 2 N–H and O–H groups in total. The van der Waals surface area contributed by atoms with Crippen molar-refractivity contribution in [2.45, 2.75) is 20.0 Å². The Balaban J connectivity index is 2.59. The lowest BCUT2D eigenvalue weighted by Crippen LogP contribution is -2.06. The minimum atomic E-state index is 0.115. The number of fused-ring (bicyclic) bond motifs is 1. The Bertz CT molecular complexity index is 488. The van der Waals surface area contributed by atoms with E-state index in [4.69, 9.17) is 10.5 Å². The van der Waals surface area contributed by atoms with Gasteiger partial charge in [-0.2, -0.15) is 0 Å². The number of hydrogen-bond acceptors (Lipinski definition) is 3. The molecule has 0 bridgehead atoms. The molecule has 0 unspecified atom stereocenters. The van der Waals surface area contributed by atoms with E-state index in [1.165, 1.54) is 0 Å². The standard InChI is InChI=1S/C11H15N3O/c1-7(2)15-11-9-6-8(12)4-5-10(9)14(3)13-11/h4-7H,12H2,1-3H3. The predicted molar refractivity (Wildman–Crippen MR) is 60.9 cm³/mol. The number of hydrogen-bond donors (Lipinski definition) is 1. The number of nitrogen functional groups attached to an aromatic ring is 1. The zero-order valence-electron chi connectivity index (χ0n) is 9.19. The van der Waals surface area contributed by atoms with Crippen LogP contribution in [0.5, 0.6) is 5.88 Å². The summed E-state index contributed by atoms with van der Waals surface area (Å²) in [6.45, 7) is 3.96. The van der Waals surface area contributed by atoms with Crippen LogP contribution in [0.4, 0.5) is 5.69 Å². The van der Waals surface area contributed by atoms with E-state index >= 15 is 0 Å². The van der Waals surface area contributed by atoms with Gasteiger partial charge < -0.3 is 10.5 Å². The molecule has 1 aromatic carbocycles. The number of aromatic nitrogens is 2. The third-order valence-electron chi connectivity index (χ3n) is 2.19. The lowest BCUT2D eigenvalue weighted by molar-refractivity contribution is 0.233. The summed E-state index contributed by atoms with van der Waals surface area (Å²) in [5.74, 6) is 0.648. The van der Waals surface area contributed by atoms with Crippen LogP contribution >= 0.6 is 0 Å². The van der Waals surface area contributed by atoms with Crippen molar-refractivity contribution in [2.75, 3.05) is 5.73 Å². The first-order valence-electron chi connectivity index (χ1n) is 4.97. The molecule has 0 spiro atoms. The van der Waals surface area contributed by atoms with E-state index in [9.17, 15) is 0 Å². The molecule has 1 aromatic heterocycles. The molecule has 0 aliphatic heterocycles. The predicted octanol–water partition coefficient (Wildman–Crippen LogP) is 1.94. The lowest BCUT2D eigenvalue weighted by Gasteiger charge is -2.05. The van der Waals surface area contributed by atoms with Gasteiger partial charge in [0.25, 0.3) is 0 Å². The van der Waals surface area contributed by atoms with Gasteiger partial charge in [-0.15, -0.1) is 5.10 Å². The van der Waals surface area contributed by atoms with Gasteiger partial charge in [0.1, 0.15) is 0 Å². The number of ether oxygens (including phenoxy) is 1. The number of aryl methyl sites for hydroxylation is 1. The molecule has 2 aromatic rings. The first-order valence-corrected chi connectivity index (χ1v) is 4.97. The lowest BCUT2D eigenvalue weighted by atomic mass is 10.2. The number of nitrogens with zero attached hydrogens (tertiary/aromatic N) is 2. The molecule has 0 atom stereocenters. The van der Waals surface area contributed by atoms with Gasteiger partial charge in [0, 0.05) is 12.7 Å². The van der Waals surface area contributed by atoms with E-state index in [1.54, 1.807) is 4.68 Å². The summed E-state index contributed by atoms with van der Waals surface area (Å²) in [7, 11) is 1.89. The fourth-order valence-corrected chi connectivity index (χ4v) is 1.56. The molecular formula is C11H15N3O. The van der Waals surface area contributed by atoms with E-state index in [1.807, 2.05) is 39.1 Å². The zero-order valence-corrected chi connectivity index (χ0v) is 9.19. The Morgan fingerprint density at radius 3 is 2.80 bits per heavy atom. The highest BCUT2D eigenvalue weighted by atomic mass is 16.5. The van der Waals surface area contributed by atoms with Crippen molar-refractivity contribution in [3.8, 4) is 5.88 Å². The highest BCUT2D eigenvalue weighted by Gasteiger charge is 2.10. The highest BCUT2D eigenvalue weighted by Crippen LogP contribution is 2.26. The molecule has 0 amide bonds. The number of nitrogens with two attached hydrogens (primary N) is 1. The van der Waals surface area contributed by atoms with E-state index < -0.39 is 0 Å². The first kappa shape index (κ1) is 9.83. The van der Waals surface area contributed by atoms with Crippen molar-refractivity contribution in [3.63, 3.8) is 0 Å². The molecule has 2 rings (SSSR count). The second kappa shape index (κ2) is 3.46. The molecule has 80 valence electrons. The summed E-state index contributed by atoms with van der Waals surface area (Å²) in [5.41, 5.74) is 7.49. The monoisotopic (exact) mass is 205 g/mol. The molecule has 0 fully saturated rings. The van der Waals surface area contributed by atoms with Crippen LogP contribution in [0.2, 0.25) is 0 Å². The van der Waals surface area contributed by atoms with Crippen molar-refractivity contribution in [2.24, 2.45) is 7.05 Å². The molecule has 0 radical (unpaired) electrons. The molecule has 4 heteroatoms. The van der Waals surface area contributed by atoms with E-state index in [-0.39, 0.29) is 6.10 Å². The quantitative estimate of drug-likeness (QED) is 0.762. The van der Waals surface area contributed by atoms with Crippen LogP contribution in [0.15, 0.2) is 18.2 Å². The molecule has 1 heterocycles. The van der Waals surface area contributed by atoms with Gasteiger partial charge >= 0.3 is 0 Å². The second-order valence-electron chi connectivity index (χ2n) is 3.87. The van der Waals surface area contributed by atoms with E-state index in [0.717, 1.165) is 16.6 Å². The third-order valence-corrected chi connectivity index (χ3v) is 2.19. The van der Waals surface area contributed by atoms with Crippen LogP contribution < -0.4 is 10.5 Å². The summed E-state index contributed by atoms with van der Waals surface area (Å²) < 4.78 is 7.41. The summed E-state index contributed by atoms with van der Waals surface area (Å²) >= 11 is 0. The smallest absolute Gasteiger partial charge is 0.241 e. The SMILES string of the molecule is CC(C)Oc1nn(C)c2ccc(N)cc12. The molecule has 0 aliphatic carbocycles. The molecule has 0 saturated heterocycles. The van der Waals surface area contributed by atoms with Crippen LogP contribution in [0, 0.1) is 0 Å². The highest BCUT2D eigenvalue weighted by molar-refractivity contribution is 5.87. The summed E-state index contributed by atoms with van der Waals surface area (Å²) in [6, 6.07) is 5.70. The largest absolute Gasteiger partial charge is 0.473 e. The Kier molecular flexibility index (Phi) is 2.26. The number of benzene rings is 1. The summed E-state index contributed by atoms with van der Waals surface area (Å²) in [5, 5.41) is 5.27. The van der Waals surface area contributed by atoms with Crippen molar-refractivity contribution >= 4 is 16.6 Å². The van der Waals surface area contributed by atoms with Crippen molar-refractivity contribution in [1.82, 2.24) is 9.78 Å². The Morgan fingerprint density at radius 1 is 1.40 bits per heavy atom. The Labute approximate surface area is 88.6 Å². The second-order valence-corrected chi connectivity index (χ2v) is 3.87. The number of anilines is 1. The van der Waals surface area contributed by atoms with Gasteiger partial charge in [0.15, 0.2) is 0 Å². The van der Waals surface area contributed by atoms with Crippen LogP contribution in [-0.2, 0) is 7.05 Å². The molecule has 4 nitrogen and oxygen atoms in total. The molecule has 0 saturated carbocycles. The summed E-state index contributed by atoms with van der Waals surface area (Å²) in [6.07, 6.45) is 0.115. The fraction of sp³-hybridized carbons (Fsp3) is 0.364. The fourth-order valence-electron chi connectivity index (χ4n) is 1.56. The Morgan fingerprint density at radius 2 is 2.13 bits per heavy atom. The van der Waals surface area contributed by atoms with Gasteiger partial charge in [-0.25, -0.2) is 0 Å². The maximum absolute atomic E-state index is 5.74. The average Bonchev–Trinajstić information content (AvgIpc) is 2.42. The van der Waals surface area contributed by atoms with Gasteiger partial charge in [-0.1, -0.05) is 0 Å². The van der Waals surface area contributed by atoms with Crippen molar-refractivity contribution in [1.29, 1.82) is 0 Å². The van der Waals surface area contributed by atoms with E-state index in [2.05, 4.69) is 5.10 Å². The minimum Gasteiger partial charge on any atom is -0.473 e. The van der Waals surface area contributed by atoms with Crippen molar-refractivity contribution < 1.29 is 4.74 Å². The molecule has 0 aliphatic rings. The van der Waals surface area contributed by atoms with Gasteiger partial charge in [-0.05, 0) is 32.0 Å². The van der Waals surface area contributed by atoms with Gasteiger partial charge in [0.05, 0.1) is 17.0 Å². The topological polar surface area (TPSA) is 53.1 Å². The first-order chi connectivity index (χ1) is 7.08. The maximum Gasteiger partial charge on any atom is 0.241 e. The van der Waals surface area contributed by atoms with Gasteiger partial charge in [0.2, 0.25) is 5.88 Å². The zero-order chi connectivity index (χ0) is 11.0. The molecular weight excluding hydrogens is 190 g/mol. The maximum atomic E-state index is 5.74. The molecule has 15 heavy (non-hydrogen) atoms. The van der Waals surface area contributed by atoms with Crippen LogP contribution in [0.25, 0.3) is 10.9 Å². The van der Waals surface area contributed by atoms with Gasteiger partial charge in [-0.3, -0.25) is 4.68 Å². The van der Waals surface area contributed by atoms with Crippen LogP contribution in [-0.4, -0.2) is 15.9 Å². The van der Waals surface area contributed by atoms with Crippen molar-refractivity contribution in [3.05, 3.63) is 18.2 Å². The summed E-state index contributed by atoms with van der Waals surface area (Å²) in [4.78, 5) is 0. The number of rotatable bonds is 2. The van der Waals surface area contributed by atoms with Crippen LogP contribution in [0.3, 0.4) is 0 Å². The van der Waals surface area contributed by atoms with E-state index in [0.29, 0.717) is 5.88 Å². The Hall–Kier alpha value is -1.71. The third kappa shape index (κ3) is 1.75. The average molecular weight is 205 g/mol.